The van der Waals surface area contributed by atoms with Crippen LogP contribution < -0.4 is 10.2 Å². The lowest BCUT2D eigenvalue weighted by atomic mass is 9.96. The Bertz CT molecular complexity index is 1300. The quantitative estimate of drug-likeness (QED) is 0.329. The molecule has 0 radical (unpaired) electrons. The normalized spacial score (nSPS) is 12.1. The lowest BCUT2D eigenvalue weighted by Crippen LogP contribution is -2.29. The number of amides is 1. The highest BCUT2D eigenvalue weighted by Crippen LogP contribution is 2.26. The van der Waals surface area contributed by atoms with Gasteiger partial charge in [0.05, 0.1) is 5.92 Å². The lowest BCUT2D eigenvalue weighted by Gasteiger charge is -2.15. The van der Waals surface area contributed by atoms with Gasteiger partial charge in [-0.3, -0.25) is 15.3 Å². The maximum atomic E-state index is 13.0. The van der Waals surface area contributed by atoms with Crippen LogP contribution in [0.25, 0.3) is 10.8 Å². The van der Waals surface area contributed by atoms with Crippen LogP contribution in [0.3, 0.4) is 0 Å². The first-order valence-electron chi connectivity index (χ1n) is 11.1. The minimum Gasteiger partial charge on any atom is -0.485 e. The number of aromatic amines is 1. The van der Waals surface area contributed by atoms with E-state index in [1.807, 2.05) is 61.5 Å². The Kier molecular flexibility index (Phi) is 6.89. The van der Waals surface area contributed by atoms with Crippen molar-refractivity contribution >= 4 is 28.9 Å². The molecular weight excluding hydrogens is 432 g/mol. The standard InChI is InChI=1S/C26H28N4O2S/c1-17(2)15-19-11-13-20(14-12-19)18(3)25(31)29-30-24(27-28-26(30)33)16-32-23-10-6-8-21-7-4-5-9-22(21)23/h4-14,17-18H,15-16H2,1-3H3,(H,28,33)(H,29,31). The molecule has 1 heterocycles. The van der Waals surface area contributed by atoms with Crippen LogP contribution in [0.2, 0.25) is 0 Å². The molecule has 3 aromatic carbocycles. The number of nitrogens with zero attached hydrogens (tertiary/aromatic N) is 2. The third kappa shape index (κ3) is 5.31. The predicted octanol–water partition coefficient (Wildman–Crippen LogP) is 5.75. The molecule has 0 spiro atoms. The van der Waals surface area contributed by atoms with E-state index >= 15 is 0 Å². The first-order valence-corrected chi connectivity index (χ1v) is 11.5. The Hall–Kier alpha value is -3.45. The number of hydrogen-bond donors (Lipinski definition) is 2. The Balaban J connectivity index is 1.46. The van der Waals surface area contributed by atoms with Gasteiger partial charge in [-0.2, -0.15) is 5.10 Å². The number of fused-ring (bicyclic) bond motifs is 1. The summed E-state index contributed by atoms with van der Waals surface area (Å²) >= 11 is 5.33. The number of H-pyrrole nitrogens is 1. The summed E-state index contributed by atoms with van der Waals surface area (Å²) in [5.74, 6) is 1.31. The zero-order valence-corrected chi connectivity index (χ0v) is 19.9. The van der Waals surface area contributed by atoms with Gasteiger partial charge in [0.1, 0.15) is 12.4 Å². The Morgan fingerprint density at radius 3 is 2.55 bits per heavy atom. The highest BCUT2D eigenvalue weighted by molar-refractivity contribution is 7.71. The molecule has 33 heavy (non-hydrogen) atoms. The van der Waals surface area contributed by atoms with Crippen molar-refractivity contribution in [2.75, 3.05) is 5.43 Å². The van der Waals surface area contributed by atoms with Crippen molar-refractivity contribution in [1.29, 1.82) is 0 Å². The zero-order valence-electron chi connectivity index (χ0n) is 19.0. The van der Waals surface area contributed by atoms with Gasteiger partial charge >= 0.3 is 0 Å². The molecule has 1 atom stereocenters. The highest BCUT2D eigenvalue weighted by Gasteiger charge is 2.18. The van der Waals surface area contributed by atoms with Crippen LogP contribution in [0, 0.1) is 10.7 Å². The second-order valence-corrected chi connectivity index (χ2v) is 8.97. The van der Waals surface area contributed by atoms with E-state index in [4.69, 9.17) is 17.0 Å². The summed E-state index contributed by atoms with van der Waals surface area (Å²) in [5.41, 5.74) is 5.09. The molecule has 170 valence electrons. The van der Waals surface area contributed by atoms with Crippen LogP contribution >= 0.6 is 12.2 Å². The van der Waals surface area contributed by atoms with E-state index in [1.54, 1.807) is 0 Å². The number of hydrogen-bond acceptors (Lipinski definition) is 4. The molecule has 0 fully saturated rings. The van der Waals surface area contributed by atoms with E-state index in [0.717, 1.165) is 28.5 Å². The fourth-order valence-electron chi connectivity index (χ4n) is 3.78. The maximum absolute atomic E-state index is 13.0. The van der Waals surface area contributed by atoms with E-state index in [-0.39, 0.29) is 18.4 Å². The van der Waals surface area contributed by atoms with Gasteiger partial charge in [-0.15, -0.1) is 0 Å². The van der Waals surface area contributed by atoms with E-state index in [2.05, 4.69) is 41.6 Å². The second-order valence-electron chi connectivity index (χ2n) is 8.58. The van der Waals surface area contributed by atoms with Crippen molar-refractivity contribution < 1.29 is 9.53 Å². The number of aromatic nitrogens is 3. The van der Waals surface area contributed by atoms with Gasteiger partial charge < -0.3 is 4.74 Å². The van der Waals surface area contributed by atoms with Crippen LogP contribution in [0.1, 0.15) is 43.6 Å². The van der Waals surface area contributed by atoms with Crippen molar-refractivity contribution in [2.24, 2.45) is 5.92 Å². The fraction of sp³-hybridized carbons (Fsp3) is 0.269. The Morgan fingerprint density at radius 2 is 1.79 bits per heavy atom. The van der Waals surface area contributed by atoms with E-state index in [9.17, 15) is 4.79 Å². The summed E-state index contributed by atoms with van der Waals surface area (Å²) in [5, 5.41) is 9.09. The molecule has 1 aromatic heterocycles. The number of rotatable bonds is 8. The van der Waals surface area contributed by atoms with E-state index < -0.39 is 0 Å². The summed E-state index contributed by atoms with van der Waals surface area (Å²) in [7, 11) is 0. The molecule has 0 saturated carbocycles. The first kappa shape index (κ1) is 22.7. The second kappa shape index (κ2) is 10.0. The van der Waals surface area contributed by atoms with Crippen molar-refractivity contribution in [3.05, 3.63) is 88.5 Å². The van der Waals surface area contributed by atoms with Gasteiger partial charge in [0.25, 0.3) is 0 Å². The Labute approximate surface area is 198 Å². The van der Waals surface area contributed by atoms with E-state index in [0.29, 0.717) is 16.5 Å². The Morgan fingerprint density at radius 1 is 1.06 bits per heavy atom. The van der Waals surface area contributed by atoms with Gasteiger partial charge in [0.15, 0.2) is 5.82 Å². The molecule has 0 aliphatic heterocycles. The van der Waals surface area contributed by atoms with Crippen LogP contribution in [0.4, 0.5) is 0 Å². The molecule has 0 saturated heterocycles. The molecule has 0 aliphatic rings. The fourth-order valence-corrected chi connectivity index (χ4v) is 3.97. The van der Waals surface area contributed by atoms with Gasteiger partial charge in [-0.05, 0) is 54.1 Å². The number of carbonyl (C=O) groups is 1. The molecule has 1 unspecified atom stereocenters. The molecule has 4 aromatic rings. The van der Waals surface area contributed by atoms with Crippen LogP contribution in [-0.2, 0) is 17.8 Å². The lowest BCUT2D eigenvalue weighted by molar-refractivity contribution is -0.118. The minimum absolute atomic E-state index is 0.152. The summed E-state index contributed by atoms with van der Waals surface area (Å²) < 4.78 is 7.81. The third-order valence-corrected chi connectivity index (χ3v) is 5.86. The van der Waals surface area contributed by atoms with E-state index in [1.165, 1.54) is 10.2 Å². The minimum atomic E-state index is -0.346. The zero-order chi connectivity index (χ0) is 23.4. The molecule has 7 heteroatoms. The molecule has 6 nitrogen and oxygen atoms in total. The van der Waals surface area contributed by atoms with Gasteiger partial charge in [0, 0.05) is 5.39 Å². The first-order chi connectivity index (χ1) is 15.9. The smallest absolute Gasteiger partial charge is 0.246 e. The van der Waals surface area contributed by atoms with Crippen molar-refractivity contribution in [3.8, 4) is 5.75 Å². The summed E-state index contributed by atoms with van der Waals surface area (Å²) in [6, 6.07) is 22.1. The van der Waals surface area contributed by atoms with Crippen LogP contribution in [-0.4, -0.2) is 20.8 Å². The summed E-state index contributed by atoms with van der Waals surface area (Å²) in [6.07, 6.45) is 1.02. The summed E-state index contributed by atoms with van der Waals surface area (Å²) in [4.78, 5) is 13.0. The summed E-state index contributed by atoms with van der Waals surface area (Å²) in [6.45, 7) is 6.42. The largest absolute Gasteiger partial charge is 0.485 e. The molecule has 0 bridgehead atoms. The topological polar surface area (TPSA) is 71.9 Å². The average Bonchev–Trinajstić information content (AvgIpc) is 3.16. The van der Waals surface area contributed by atoms with Crippen LogP contribution in [0.15, 0.2) is 66.7 Å². The SMILES string of the molecule is CC(C)Cc1ccc(C(C)C(=O)Nn2c(COc3cccc4ccccc34)n[nH]c2=S)cc1. The van der Waals surface area contributed by atoms with Crippen molar-refractivity contribution in [2.45, 2.75) is 39.7 Å². The van der Waals surface area contributed by atoms with Crippen molar-refractivity contribution in [3.63, 3.8) is 0 Å². The molecular formula is C26H28N4O2S. The molecule has 2 N–H and O–H groups in total. The maximum Gasteiger partial charge on any atom is 0.246 e. The number of ether oxygens (including phenoxy) is 1. The number of nitrogens with one attached hydrogen (secondary N) is 2. The predicted molar refractivity (Wildman–Crippen MR) is 133 cm³/mol. The monoisotopic (exact) mass is 460 g/mol. The molecule has 4 rings (SSSR count). The highest BCUT2D eigenvalue weighted by atomic mass is 32.1. The number of benzene rings is 3. The van der Waals surface area contributed by atoms with Gasteiger partial charge in [0.2, 0.25) is 10.7 Å². The average molecular weight is 461 g/mol. The number of carbonyl (C=O) groups excluding carboxylic acids is 1. The third-order valence-electron chi connectivity index (χ3n) is 5.59. The van der Waals surface area contributed by atoms with Crippen molar-refractivity contribution in [1.82, 2.24) is 14.9 Å². The molecule has 1 amide bonds. The van der Waals surface area contributed by atoms with Gasteiger partial charge in [-0.1, -0.05) is 74.5 Å². The molecule has 0 aliphatic carbocycles. The van der Waals surface area contributed by atoms with Gasteiger partial charge in [-0.25, -0.2) is 4.68 Å². The van der Waals surface area contributed by atoms with Crippen LogP contribution in [0.5, 0.6) is 5.75 Å².